The third-order valence-electron chi connectivity index (χ3n) is 1.75. The van der Waals surface area contributed by atoms with Gasteiger partial charge in [0.1, 0.15) is 5.92 Å². The van der Waals surface area contributed by atoms with Gasteiger partial charge in [0.25, 0.3) is 0 Å². The van der Waals surface area contributed by atoms with Crippen LogP contribution in [0.25, 0.3) is 0 Å². The lowest BCUT2D eigenvalue weighted by Crippen LogP contribution is -2.35. The number of nitrogens with zero attached hydrogens (tertiary/aromatic N) is 3. The summed E-state index contributed by atoms with van der Waals surface area (Å²) in [5.41, 5.74) is 0. The summed E-state index contributed by atoms with van der Waals surface area (Å²) in [5.74, 6) is -0.807. The third-order valence-corrected chi connectivity index (χ3v) is 1.75. The summed E-state index contributed by atoms with van der Waals surface area (Å²) in [5, 5.41) is 16.8. The Hall–Kier alpha value is -1.55. The van der Waals surface area contributed by atoms with Crippen LogP contribution in [0.2, 0.25) is 0 Å². The number of amides is 1. The van der Waals surface area contributed by atoms with E-state index in [0.29, 0.717) is 19.5 Å². The molecule has 4 heteroatoms. The van der Waals surface area contributed by atoms with E-state index in [2.05, 4.69) is 0 Å². The van der Waals surface area contributed by atoms with Gasteiger partial charge in [0.05, 0.1) is 18.6 Å². The Kier molecular flexibility index (Phi) is 5.30. The molecule has 0 aliphatic rings. The molecule has 0 spiro atoms. The highest BCUT2D eigenvalue weighted by Crippen LogP contribution is 2.01. The van der Waals surface area contributed by atoms with Crippen molar-refractivity contribution in [2.45, 2.75) is 20.3 Å². The van der Waals surface area contributed by atoms with Crippen LogP contribution in [0.1, 0.15) is 20.3 Å². The molecule has 0 rings (SSSR count). The lowest BCUT2D eigenvalue weighted by Gasteiger charge is -2.20. The van der Waals surface area contributed by atoms with Crippen molar-refractivity contribution in [1.29, 1.82) is 10.5 Å². The summed E-state index contributed by atoms with van der Waals surface area (Å²) in [6.07, 6.45) is 0.317. The first-order chi connectivity index (χ1) is 6.17. The van der Waals surface area contributed by atoms with Crippen molar-refractivity contribution in [2.24, 2.45) is 5.92 Å². The zero-order valence-corrected chi connectivity index (χ0v) is 7.95. The smallest absolute Gasteiger partial charge is 0.239 e. The summed E-state index contributed by atoms with van der Waals surface area (Å²) in [4.78, 5) is 12.9. The Balaban J connectivity index is 4.18. The van der Waals surface area contributed by atoms with Crippen molar-refractivity contribution in [3.05, 3.63) is 0 Å². The summed E-state index contributed by atoms with van der Waals surface area (Å²) >= 11 is 0. The molecular formula is C9H13N3O. The fraction of sp³-hybridized carbons (Fsp3) is 0.667. The van der Waals surface area contributed by atoms with E-state index < -0.39 is 5.92 Å². The third kappa shape index (κ3) is 3.57. The molecule has 1 unspecified atom stereocenters. The molecule has 0 radical (unpaired) electrons. The predicted octanol–water partition coefficient (Wildman–Crippen LogP) is 0.908. The van der Waals surface area contributed by atoms with Crippen LogP contribution < -0.4 is 0 Å². The lowest BCUT2D eigenvalue weighted by molar-refractivity contribution is -0.133. The van der Waals surface area contributed by atoms with Crippen molar-refractivity contribution in [3.63, 3.8) is 0 Å². The number of rotatable bonds is 4. The standard InChI is InChI=1S/C9H13N3O/c1-3-12(6-4-5-10)9(13)8(2)7-11/h8H,3-4,6H2,1-2H3. The van der Waals surface area contributed by atoms with Crippen LogP contribution in [0.15, 0.2) is 0 Å². The minimum Gasteiger partial charge on any atom is -0.341 e. The van der Waals surface area contributed by atoms with Crippen molar-refractivity contribution < 1.29 is 4.79 Å². The molecule has 13 heavy (non-hydrogen) atoms. The fourth-order valence-corrected chi connectivity index (χ4v) is 0.938. The van der Waals surface area contributed by atoms with E-state index in [4.69, 9.17) is 10.5 Å². The number of carbonyl (C=O) groups is 1. The largest absolute Gasteiger partial charge is 0.341 e. The predicted molar refractivity (Wildman–Crippen MR) is 47.3 cm³/mol. The maximum Gasteiger partial charge on any atom is 0.239 e. The van der Waals surface area contributed by atoms with Gasteiger partial charge >= 0.3 is 0 Å². The molecule has 0 aromatic carbocycles. The monoisotopic (exact) mass is 179 g/mol. The van der Waals surface area contributed by atoms with Gasteiger partial charge in [0.2, 0.25) is 5.91 Å². The average molecular weight is 179 g/mol. The molecule has 0 aromatic heterocycles. The van der Waals surface area contributed by atoms with Crippen LogP contribution in [0.3, 0.4) is 0 Å². The molecule has 1 atom stereocenters. The van der Waals surface area contributed by atoms with Gasteiger partial charge in [0.15, 0.2) is 0 Å². The SMILES string of the molecule is CCN(CCC#N)C(=O)C(C)C#N. The highest BCUT2D eigenvalue weighted by atomic mass is 16.2. The summed E-state index contributed by atoms with van der Waals surface area (Å²) in [7, 11) is 0. The van der Waals surface area contributed by atoms with Crippen molar-refractivity contribution in [2.75, 3.05) is 13.1 Å². The Labute approximate surface area is 78.4 Å². The molecular weight excluding hydrogens is 166 g/mol. The van der Waals surface area contributed by atoms with Crippen LogP contribution in [-0.4, -0.2) is 23.9 Å². The Bertz CT molecular complexity index is 249. The topological polar surface area (TPSA) is 67.9 Å². The van der Waals surface area contributed by atoms with E-state index in [1.165, 1.54) is 4.90 Å². The molecule has 0 fully saturated rings. The van der Waals surface area contributed by atoms with Crippen molar-refractivity contribution in [1.82, 2.24) is 4.90 Å². The molecule has 0 saturated heterocycles. The van der Waals surface area contributed by atoms with E-state index in [0.717, 1.165) is 0 Å². The van der Waals surface area contributed by atoms with E-state index in [9.17, 15) is 4.79 Å². The van der Waals surface area contributed by atoms with E-state index in [1.54, 1.807) is 6.92 Å². The average Bonchev–Trinajstić information content (AvgIpc) is 2.17. The molecule has 4 nitrogen and oxygen atoms in total. The quantitative estimate of drug-likeness (QED) is 0.644. The van der Waals surface area contributed by atoms with Crippen molar-refractivity contribution >= 4 is 5.91 Å². The normalized spacial score (nSPS) is 11.1. The van der Waals surface area contributed by atoms with Crippen LogP contribution in [0.5, 0.6) is 0 Å². The summed E-state index contributed by atoms with van der Waals surface area (Å²) in [6.45, 7) is 4.36. The Morgan fingerprint density at radius 1 is 1.54 bits per heavy atom. The second-order valence-electron chi connectivity index (χ2n) is 2.68. The van der Waals surface area contributed by atoms with Gasteiger partial charge in [-0.05, 0) is 13.8 Å². The number of hydrogen-bond donors (Lipinski definition) is 0. The van der Waals surface area contributed by atoms with Gasteiger partial charge in [-0.2, -0.15) is 10.5 Å². The van der Waals surface area contributed by atoms with Gasteiger partial charge in [-0.1, -0.05) is 0 Å². The molecule has 0 bridgehead atoms. The van der Waals surface area contributed by atoms with Gasteiger partial charge < -0.3 is 4.90 Å². The zero-order chi connectivity index (χ0) is 10.3. The minimum absolute atomic E-state index is 0.194. The van der Waals surface area contributed by atoms with Crippen LogP contribution in [-0.2, 0) is 4.79 Å². The maximum absolute atomic E-state index is 11.4. The van der Waals surface area contributed by atoms with E-state index in [1.807, 2.05) is 19.1 Å². The molecule has 0 saturated carbocycles. The number of carbonyl (C=O) groups excluding carboxylic acids is 1. The molecule has 0 aliphatic heterocycles. The van der Waals surface area contributed by atoms with Crippen LogP contribution in [0, 0.1) is 28.6 Å². The molecule has 0 aliphatic carbocycles. The second-order valence-corrected chi connectivity index (χ2v) is 2.68. The zero-order valence-electron chi connectivity index (χ0n) is 7.95. The van der Waals surface area contributed by atoms with Gasteiger partial charge in [-0.15, -0.1) is 0 Å². The summed E-state index contributed by atoms with van der Waals surface area (Å²) in [6, 6.07) is 3.85. The van der Waals surface area contributed by atoms with Crippen molar-refractivity contribution in [3.8, 4) is 12.1 Å². The van der Waals surface area contributed by atoms with E-state index in [-0.39, 0.29) is 5.91 Å². The highest BCUT2D eigenvalue weighted by Gasteiger charge is 2.17. The maximum atomic E-state index is 11.4. The first kappa shape index (κ1) is 11.4. The van der Waals surface area contributed by atoms with Gasteiger partial charge in [-0.25, -0.2) is 0 Å². The molecule has 0 heterocycles. The fourth-order valence-electron chi connectivity index (χ4n) is 0.938. The molecule has 70 valence electrons. The van der Waals surface area contributed by atoms with E-state index >= 15 is 0 Å². The lowest BCUT2D eigenvalue weighted by atomic mass is 10.2. The first-order valence-corrected chi connectivity index (χ1v) is 4.22. The van der Waals surface area contributed by atoms with Crippen LogP contribution in [0.4, 0.5) is 0 Å². The molecule has 0 N–H and O–H groups in total. The number of nitriles is 2. The highest BCUT2D eigenvalue weighted by molar-refractivity contribution is 5.80. The summed E-state index contributed by atoms with van der Waals surface area (Å²) < 4.78 is 0. The second kappa shape index (κ2) is 6.02. The van der Waals surface area contributed by atoms with Crippen LogP contribution >= 0.6 is 0 Å². The Morgan fingerprint density at radius 2 is 2.15 bits per heavy atom. The Morgan fingerprint density at radius 3 is 2.54 bits per heavy atom. The van der Waals surface area contributed by atoms with Gasteiger partial charge in [-0.3, -0.25) is 4.79 Å². The molecule has 1 amide bonds. The number of hydrogen-bond acceptors (Lipinski definition) is 3. The molecule has 0 aromatic rings. The first-order valence-electron chi connectivity index (χ1n) is 4.22. The minimum atomic E-state index is -0.612. The van der Waals surface area contributed by atoms with Gasteiger partial charge in [0, 0.05) is 13.1 Å².